The fourth-order valence-corrected chi connectivity index (χ4v) is 5.70. The summed E-state index contributed by atoms with van der Waals surface area (Å²) in [4.78, 5) is 31.5. The van der Waals surface area contributed by atoms with Gasteiger partial charge >= 0.3 is 11.8 Å². The van der Waals surface area contributed by atoms with Crippen molar-refractivity contribution in [2.45, 2.75) is 38.4 Å². The van der Waals surface area contributed by atoms with E-state index >= 15 is 0 Å². The Kier molecular flexibility index (Phi) is 7.89. The molecule has 1 amide bonds. The molecule has 1 aliphatic rings. The Balaban J connectivity index is 1.33. The van der Waals surface area contributed by atoms with Crippen molar-refractivity contribution in [3.05, 3.63) is 106 Å². The quantitative estimate of drug-likeness (QED) is 0.308. The highest BCUT2D eigenvalue weighted by Gasteiger charge is 2.34. The number of aromatic amines is 1. The van der Waals surface area contributed by atoms with Gasteiger partial charge in [-0.15, -0.1) is 0 Å². The van der Waals surface area contributed by atoms with Crippen LogP contribution in [0.5, 0.6) is 0 Å². The van der Waals surface area contributed by atoms with Crippen LogP contribution in [0.3, 0.4) is 0 Å². The van der Waals surface area contributed by atoms with Crippen molar-refractivity contribution in [1.29, 1.82) is 0 Å². The zero-order chi connectivity index (χ0) is 26.5. The van der Waals surface area contributed by atoms with Crippen LogP contribution >= 0.6 is 0 Å². The highest BCUT2D eigenvalue weighted by molar-refractivity contribution is 5.75. The molecule has 0 aliphatic carbocycles. The zero-order valence-electron chi connectivity index (χ0n) is 21.3. The van der Waals surface area contributed by atoms with Gasteiger partial charge < -0.3 is 15.0 Å². The lowest BCUT2D eigenvalue weighted by atomic mass is 9.87. The van der Waals surface area contributed by atoms with Crippen LogP contribution in [0, 0.1) is 11.7 Å². The van der Waals surface area contributed by atoms with Crippen molar-refractivity contribution < 1.29 is 14.3 Å². The van der Waals surface area contributed by atoms with E-state index < -0.39 is 6.09 Å². The molecule has 7 nitrogen and oxygen atoms in total. The molecular weight excluding hydrogens is 483 g/mol. The maximum Gasteiger partial charge on any atom is 0.407 e. The Morgan fingerprint density at radius 1 is 0.974 bits per heavy atom. The van der Waals surface area contributed by atoms with Gasteiger partial charge in [-0.2, -0.15) is 0 Å². The summed E-state index contributed by atoms with van der Waals surface area (Å²) < 4.78 is 15.3. The molecule has 2 unspecified atom stereocenters. The molecule has 0 radical (unpaired) electrons. The van der Waals surface area contributed by atoms with Gasteiger partial charge in [0.2, 0.25) is 0 Å². The lowest BCUT2D eigenvalue weighted by Gasteiger charge is -2.38. The third kappa shape index (κ3) is 5.97. The summed E-state index contributed by atoms with van der Waals surface area (Å²) in [6.07, 6.45) is 1.32. The number of nitrogens with zero attached hydrogens (tertiary/aromatic N) is 3. The standard InChI is InChI=1S/C30H33FN4O3/c31-25-14-12-23(13-15-25)20-33(19-22-7-2-1-3-8-22)17-6-9-24-21-34(30(37)38)18-16-27(24)35-28-11-5-4-10-26(28)32-29(35)36/h1-5,7-8,10-15,24,27H,6,9,16-21H2,(H,32,36)(H,37,38). The van der Waals surface area contributed by atoms with Crippen molar-refractivity contribution in [3.8, 4) is 0 Å². The molecule has 198 valence electrons. The van der Waals surface area contributed by atoms with Gasteiger partial charge in [0.25, 0.3) is 0 Å². The Bertz CT molecular complexity index is 1420. The van der Waals surface area contributed by atoms with Crippen LogP contribution in [0.4, 0.5) is 9.18 Å². The van der Waals surface area contributed by atoms with Gasteiger partial charge in [-0.3, -0.25) is 9.47 Å². The fraction of sp³-hybridized carbons (Fsp3) is 0.333. The lowest BCUT2D eigenvalue weighted by molar-refractivity contribution is 0.0932. The number of H-pyrrole nitrogens is 1. The van der Waals surface area contributed by atoms with E-state index in [0.717, 1.165) is 42.5 Å². The third-order valence-corrected chi connectivity index (χ3v) is 7.54. The molecule has 1 aliphatic heterocycles. The van der Waals surface area contributed by atoms with Crippen molar-refractivity contribution in [1.82, 2.24) is 19.4 Å². The maximum absolute atomic E-state index is 13.5. The predicted octanol–water partition coefficient (Wildman–Crippen LogP) is 5.49. The number of hydrogen-bond acceptors (Lipinski definition) is 3. The van der Waals surface area contributed by atoms with E-state index in [1.54, 1.807) is 0 Å². The first-order valence-corrected chi connectivity index (χ1v) is 13.2. The van der Waals surface area contributed by atoms with Crippen LogP contribution < -0.4 is 5.69 Å². The van der Waals surface area contributed by atoms with Crippen molar-refractivity contribution in [2.75, 3.05) is 19.6 Å². The number of rotatable bonds is 9. The number of para-hydroxylation sites is 2. The molecule has 0 spiro atoms. The fourth-order valence-electron chi connectivity index (χ4n) is 5.70. The minimum absolute atomic E-state index is 0.0150. The van der Waals surface area contributed by atoms with E-state index in [-0.39, 0.29) is 23.5 Å². The molecule has 5 rings (SSSR count). The van der Waals surface area contributed by atoms with Gasteiger partial charge in [0.1, 0.15) is 5.82 Å². The molecular formula is C30H33FN4O3. The van der Waals surface area contributed by atoms with Crippen LogP contribution in [-0.2, 0) is 13.1 Å². The summed E-state index contributed by atoms with van der Waals surface area (Å²) in [5.74, 6) is -0.233. The minimum Gasteiger partial charge on any atom is -0.465 e. The number of piperidine rings is 1. The topological polar surface area (TPSA) is 81.6 Å². The van der Waals surface area contributed by atoms with Crippen LogP contribution in [0.1, 0.15) is 36.4 Å². The van der Waals surface area contributed by atoms with Crippen LogP contribution in [0.2, 0.25) is 0 Å². The first-order chi connectivity index (χ1) is 18.5. The normalized spacial score (nSPS) is 17.8. The summed E-state index contributed by atoms with van der Waals surface area (Å²) in [7, 11) is 0. The van der Waals surface area contributed by atoms with Crippen molar-refractivity contribution >= 4 is 17.1 Å². The van der Waals surface area contributed by atoms with Gasteiger partial charge in [0.05, 0.1) is 11.0 Å². The highest BCUT2D eigenvalue weighted by Crippen LogP contribution is 2.33. The molecule has 1 aromatic heterocycles. The lowest BCUT2D eigenvalue weighted by Crippen LogP contribution is -2.45. The number of benzene rings is 3. The summed E-state index contributed by atoms with van der Waals surface area (Å²) >= 11 is 0. The molecule has 8 heteroatoms. The Hall–Kier alpha value is -3.91. The molecule has 3 aromatic carbocycles. The summed E-state index contributed by atoms with van der Waals surface area (Å²) in [6.45, 7) is 3.06. The average Bonchev–Trinajstić information content (AvgIpc) is 3.26. The number of fused-ring (bicyclic) bond motifs is 1. The van der Waals surface area contributed by atoms with Gasteiger partial charge in [-0.25, -0.2) is 14.0 Å². The smallest absolute Gasteiger partial charge is 0.407 e. The number of nitrogens with one attached hydrogen (secondary N) is 1. The van der Waals surface area contributed by atoms with Gasteiger partial charge in [0.15, 0.2) is 0 Å². The van der Waals surface area contributed by atoms with E-state index in [0.29, 0.717) is 26.1 Å². The first-order valence-electron chi connectivity index (χ1n) is 13.2. The van der Waals surface area contributed by atoms with Crippen LogP contribution in [0.15, 0.2) is 83.7 Å². The number of halogens is 1. The molecule has 0 bridgehead atoms. The molecule has 1 saturated heterocycles. The molecule has 4 aromatic rings. The van der Waals surface area contributed by atoms with E-state index in [1.165, 1.54) is 22.6 Å². The first kappa shape index (κ1) is 25.7. The average molecular weight is 517 g/mol. The maximum atomic E-state index is 13.5. The summed E-state index contributed by atoms with van der Waals surface area (Å²) in [5, 5.41) is 9.68. The number of carboxylic acid groups (broad SMARTS) is 1. The minimum atomic E-state index is -0.915. The van der Waals surface area contributed by atoms with Gasteiger partial charge in [0, 0.05) is 32.2 Å². The van der Waals surface area contributed by atoms with E-state index in [9.17, 15) is 19.1 Å². The number of hydrogen-bond donors (Lipinski definition) is 2. The monoisotopic (exact) mass is 516 g/mol. The zero-order valence-corrected chi connectivity index (χ0v) is 21.3. The Morgan fingerprint density at radius 2 is 1.66 bits per heavy atom. The molecule has 0 saturated carbocycles. The Labute approximate surface area is 221 Å². The highest BCUT2D eigenvalue weighted by atomic mass is 19.1. The van der Waals surface area contributed by atoms with Crippen molar-refractivity contribution in [2.24, 2.45) is 5.92 Å². The molecule has 2 N–H and O–H groups in total. The number of likely N-dealkylation sites (tertiary alicyclic amines) is 1. The molecule has 1 fully saturated rings. The van der Waals surface area contributed by atoms with Crippen LogP contribution in [-0.4, -0.2) is 50.2 Å². The van der Waals surface area contributed by atoms with E-state index in [4.69, 9.17) is 0 Å². The van der Waals surface area contributed by atoms with Crippen molar-refractivity contribution in [3.63, 3.8) is 0 Å². The Morgan fingerprint density at radius 3 is 2.39 bits per heavy atom. The van der Waals surface area contributed by atoms with Gasteiger partial charge in [-0.05, 0) is 67.1 Å². The van der Waals surface area contributed by atoms with E-state index in [1.807, 2.05) is 59.2 Å². The van der Waals surface area contributed by atoms with E-state index in [2.05, 4.69) is 22.0 Å². The second-order valence-electron chi connectivity index (χ2n) is 10.1. The third-order valence-electron chi connectivity index (χ3n) is 7.54. The summed E-state index contributed by atoms with van der Waals surface area (Å²) in [6, 6.07) is 24.4. The number of carbonyl (C=O) groups is 1. The predicted molar refractivity (Wildman–Crippen MR) is 145 cm³/mol. The second kappa shape index (κ2) is 11.6. The number of aromatic nitrogens is 2. The largest absolute Gasteiger partial charge is 0.465 e. The number of amides is 1. The summed E-state index contributed by atoms with van der Waals surface area (Å²) in [5.41, 5.74) is 3.75. The molecule has 2 atom stereocenters. The molecule has 2 heterocycles. The SMILES string of the molecule is O=C(O)N1CCC(n2c(=O)[nH]c3ccccc32)C(CCCN(Cc2ccccc2)Cc2ccc(F)cc2)C1. The second-order valence-corrected chi connectivity index (χ2v) is 10.1. The van der Waals surface area contributed by atoms with Crippen LogP contribution in [0.25, 0.3) is 11.0 Å². The molecule has 38 heavy (non-hydrogen) atoms. The number of imidazole rings is 1. The van der Waals surface area contributed by atoms with Gasteiger partial charge in [-0.1, -0.05) is 54.6 Å².